The molecule has 10 nitrogen and oxygen atoms in total. The van der Waals surface area contributed by atoms with Gasteiger partial charge in [0.15, 0.2) is 0 Å². The summed E-state index contributed by atoms with van der Waals surface area (Å²) >= 11 is 0. The lowest BCUT2D eigenvalue weighted by atomic mass is 9.79. The number of aromatic hydroxyl groups is 2. The first-order valence-electron chi connectivity index (χ1n) is 22.7. The number of hydrogen-bond acceptors (Lipinski definition) is 10. The van der Waals surface area contributed by atoms with Crippen LogP contribution in [-0.4, -0.2) is 36.6 Å². The average molecular weight is 921 g/mol. The number of phenols is 2. The molecule has 4 aromatic carbocycles. The molecule has 0 unspecified atom stereocenters. The van der Waals surface area contributed by atoms with Crippen LogP contribution < -0.4 is 9.05 Å². The van der Waals surface area contributed by atoms with Crippen LogP contribution in [0.25, 0.3) is 0 Å². The fourth-order valence-electron chi connectivity index (χ4n) is 7.92. The van der Waals surface area contributed by atoms with Crippen molar-refractivity contribution in [3.05, 3.63) is 115 Å². The maximum Gasteiger partial charge on any atom is 0.530 e. The van der Waals surface area contributed by atoms with Crippen molar-refractivity contribution in [3.63, 3.8) is 0 Å². The van der Waals surface area contributed by atoms with Gasteiger partial charge in [0.05, 0.1) is 26.4 Å². The van der Waals surface area contributed by atoms with E-state index in [0.717, 1.165) is 22.3 Å². The first kappa shape index (κ1) is 51.4. The Morgan fingerprint density at radius 2 is 0.578 bits per heavy atom. The molecule has 12 heteroatoms. The molecule has 0 saturated carbocycles. The normalized spacial score (nSPS) is 14.1. The highest BCUT2D eigenvalue weighted by Crippen LogP contribution is 2.54. The molecular weight excluding hydrogens is 847 g/mol. The number of phosphoric ester groups is 2. The zero-order valence-electron chi connectivity index (χ0n) is 41.3. The van der Waals surface area contributed by atoms with Gasteiger partial charge in [0.1, 0.15) is 23.0 Å². The molecule has 2 N–H and O–H groups in total. The molecule has 1 aliphatic rings. The van der Waals surface area contributed by atoms with Gasteiger partial charge in [-0.2, -0.15) is 0 Å². The quantitative estimate of drug-likeness (QED) is 0.117. The Balaban J connectivity index is 2.01. The third-order valence-electron chi connectivity index (χ3n) is 11.6. The second-order valence-corrected chi connectivity index (χ2v) is 24.2. The van der Waals surface area contributed by atoms with E-state index in [2.05, 4.69) is 83.1 Å². The lowest BCUT2D eigenvalue weighted by molar-refractivity contribution is 0.165. The van der Waals surface area contributed by atoms with Gasteiger partial charge in [0.2, 0.25) is 0 Å². The Morgan fingerprint density at radius 1 is 0.391 bits per heavy atom. The number of hydrogen-bond donors (Lipinski definition) is 2. The molecule has 5 rings (SSSR count). The van der Waals surface area contributed by atoms with Gasteiger partial charge in [-0.25, -0.2) is 9.13 Å². The monoisotopic (exact) mass is 920 g/mol. The minimum absolute atomic E-state index is 0.0794. The molecule has 0 radical (unpaired) electrons. The van der Waals surface area contributed by atoms with E-state index in [1.807, 2.05) is 48.5 Å². The summed E-state index contributed by atoms with van der Waals surface area (Å²) in [5, 5.41) is 25.2. The van der Waals surface area contributed by atoms with E-state index in [1.165, 1.54) is 0 Å². The minimum atomic E-state index is -4.15. The van der Waals surface area contributed by atoms with Crippen LogP contribution in [0.4, 0.5) is 0 Å². The number of phosphoric acid groups is 2. The lowest BCUT2D eigenvalue weighted by Crippen LogP contribution is -2.17. The van der Waals surface area contributed by atoms with E-state index in [9.17, 15) is 19.3 Å². The minimum Gasteiger partial charge on any atom is -0.507 e. The number of fused-ring (bicyclic) bond motifs is 8. The smallest absolute Gasteiger partial charge is 0.507 e. The highest BCUT2D eigenvalue weighted by Gasteiger charge is 2.35. The van der Waals surface area contributed by atoms with Crippen molar-refractivity contribution in [2.75, 3.05) is 26.4 Å². The van der Waals surface area contributed by atoms with Crippen molar-refractivity contribution in [2.24, 2.45) is 0 Å². The molecule has 64 heavy (non-hydrogen) atoms. The summed E-state index contributed by atoms with van der Waals surface area (Å²) in [4.78, 5) is 0. The second kappa shape index (κ2) is 19.3. The summed E-state index contributed by atoms with van der Waals surface area (Å²) in [6.45, 7) is 32.9. The fraction of sp³-hybridized carbons (Fsp3) is 0.538. The predicted octanol–water partition coefficient (Wildman–Crippen LogP) is 14.1. The standard InChI is InChI=1S/C52H74O10P2/c1-17-57-63(55,58-18-2)61-47-37-21-33-25-41(49(5,6)7)27-35(45(33)53)23-39-31-44(52(14,15)16)32-40(48(39)62-64(56,59-19-3)60-20-4)24-36-28-42(50(8,9)10)26-34(46(36)54)22-38(47)30-43(29-37)51(11,12)13/h25-32,53-54H,17-24H2,1-16H3. The highest BCUT2D eigenvalue weighted by molar-refractivity contribution is 7.49. The van der Waals surface area contributed by atoms with Crippen LogP contribution in [0.15, 0.2) is 48.5 Å². The van der Waals surface area contributed by atoms with Gasteiger partial charge in [-0.1, -0.05) is 132 Å². The predicted molar refractivity (Wildman–Crippen MR) is 258 cm³/mol. The Morgan fingerprint density at radius 3 is 0.750 bits per heavy atom. The Kier molecular flexibility index (Phi) is 15.5. The van der Waals surface area contributed by atoms with E-state index in [-0.39, 0.29) is 85.3 Å². The maximum absolute atomic E-state index is 14.4. The molecular formula is C52H74O10P2. The largest absolute Gasteiger partial charge is 0.530 e. The summed E-state index contributed by atoms with van der Waals surface area (Å²) in [7, 11) is -8.30. The van der Waals surface area contributed by atoms with Crippen molar-refractivity contribution >= 4 is 15.6 Å². The average Bonchev–Trinajstić information content (AvgIpc) is 3.15. The number of benzene rings is 4. The summed E-state index contributed by atoms with van der Waals surface area (Å²) in [5.74, 6) is 0.784. The molecule has 0 spiro atoms. The maximum atomic E-state index is 14.4. The Labute approximate surface area is 383 Å². The van der Waals surface area contributed by atoms with Crippen molar-refractivity contribution in [3.8, 4) is 23.0 Å². The van der Waals surface area contributed by atoms with Crippen LogP contribution in [0.1, 0.15) is 178 Å². The molecule has 0 atom stereocenters. The second-order valence-electron chi connectivity index (χ2n) is 21.0. The van der Waals surface area contributed by atoms with Crippen LogP contribution >= 0.6 is 15.6 Å². The molecule has 0 heterocycles. The molecule has 352 valence electrons. The van der Waals surface area contributed by atoms with Gasteiger partial charge in [-0.05, 0) is 116 Å². The Hall–Kier alpha value is -3.62. The van der Waals surface area contributed by atoms with E-state index < -0.39 is 15.6 Å². The van der Waals surface area contributed by atoms with Gasteiger partial charge >= 0.3 is 15.6 Å². The van der Waals surface area contributed by atoms with E-state index in [0.29, 0.717) is 56.0 Å². The van der Waals surface area contributed by atoms with Crippen LogP contribution in [0.5, 0.6) is 23.0 Å². The first-order valence-corrected chi connectivity index (χ1v) is 25.7. The van der Waals surface area contributed by atoms with E-state index in [4.69, 9.17) is 27.1 Å². The van der Waals surface area contributed by atoms with Gasteiger partial charge in [-0.15, -0.1) is 0 Å². The van der Waals surface area contributed by atoms with Crippen LogP contribution in [-0.2, 0) is 74.6 Å². The molecule has 0 aliphatic heterocycles. The SMILES string of the molecule is CCOP(=O)(OCC)Oc1c2cc(C(C)(C)C)cc1Cc1cc(C(C)(C)C)cc(c1O)Cc1cc(C(C)(C)C)cc(c1OP(=O)(OCC)OCC)Cc1cc(C(C)(C)C)cc(c1O)C2. The molecule has 0 saturated heterocycles. The molecule has 1 aliphatic carbocycles. The highest BCUT2D eigenvalue weighted by atomic mass is 31.2. The van der Waals surface area contributed by atoms with Crippen molar-refractivity contribution in [1.29, 1.82) is 0 Å². The van der Waals surface area contributed by atoms with Gasteiger partial charge in [-0.3, -0.25) is 18.1 Å². The summed E-state index contributed by atoms with van der Waals surface area (Å²) in [5.41, 5.74) is 7.81. The molecule has 0 aromatic heterocycles. The number of rotatable bonds is 12. The van der Waals surface area contributed by atoms with Gasteiger partial charge in [0, 0.05) is 25.7 Å². The van der Waals surface area contributed by atoms with E-state index >= 15 is 0 Å². The molecule has 0 fully saturated rings. The topological polar surface area (TPSA) is 130 Å². The van der Waals surface area contributed by atoms with Gasteiger partial charge < -0.3 is 19.3 Å². The van der Waals surface area contributed by atoms with Crippen molar-refractivity contribution in [2.45, 2.75) is 158 Å². The van der Waals surface area contributed by atoms with Crippen molar-refractivity contribution < 1.29 is 46.5 Å². The molecule has 0 amide bonds. The van der Waals surface area contributed by atoms with Crippen LogP contribution in [0.2, 0.25) is 0 Å². The Bertz CT molecular complexity index is 2140. The fourth-order valence-corrected chi connectivity index (χ4v) is 10.5. The third-order valence-corrected chi connectivity index (χ3v) is 14.7. The third kappa shape index (κ3) is 12.0. The van der Waals surface area contributed by atoms with Gasteiger partial charge in [0.25, 0.3) is 0 Å². The van der Waals surface area contributed by atoms with Crippen LogP contribution in [0, 0.1) is 0 Å². The number of phenolic OH excluding ortho intramolecular Hbond substituents is 2. The lowest BCUT2D eigenvalue weighted by Gasteiger charge is -2.29. The van der Waals surface area contributed by atoms with Crippen LogP contribution in [0.3, 0.4) is 0 Å². The zero-order chi connectivity index (χ0) is 47.8. The summed E-state index contributed by atoms with van der Waals surface area (Å²) in [6, 6.07) is 16.3. The summed E-state index contributed by atoms with van der Waals surface area (Å²) in [6.07, 6.45) is 0.750. The molecule has 4 aromatic rings. The first-order chi connectivity index (χ1) is 29.5. The van der Waals surface area contributed by atoms with Crippen molar-refractivity contribution in [1.82, 2.24) is 0 Å². The zero-order valence-corrected chi connectivity index (χ0v) is 43.1. The van der Waals surface area contributed by atoms with E-state index in [1.54, 1.807) is 27.7 Å². The summed E-state index contributed by atoms with van der Waals surface area (Å²) < 4.78 is 64.9. The molecule has 8 bridgehead atoms.